The summed E-state index contributed by atoms with van der Waals surface area (Å²) in [7, 11) is 9.87. The van der Waals surface area contributed by atoms with E-state index in [1.807, 2.05) is 12.2 Å². The maximum absolute atomic E-state index is 4.93. The molecule has 0 aromatic heterocycles. The Hall–Kier alpha value is 0.196. The van der Waals surface area contributed by atoms with Crippen molar-refractivity contribution in [2.75, 3.05) is 0 Å². The molecule has 0 amide bonds. The predicted octanol–water partition coefficient (Wildman–Crippen LogP) is 4.35. The molecule has 1 radical (unpaired) electrons. The van der Waals surface area contributed by atoms with Gasteiger partial charge in [-0.15, -0.1) is 36.1 Å². The number of fused-ring (bicyclic) bond motifs is 1. The van der Waals surface area contributed by atoms with E-state index in [4.69, 9.17) is 17.0 Å². The van der Waals surface area contributed by atoms with E-state index in [-0.39, 0.29) is 51.0 Å². The van der Waals surface area contributed by atoms with E-state index in [0.29, 0.717) is 0 Å². The van der Waals surface area contributed by atoms with Crippen LogP contribution in [-0.4, -0.2) is 0 Å². The Balaban J connectivity index is 0. The van der Waals surface area contributed by atoms with Crippen molar-refractivity contribution in [1.82, 2.24) is 0 Å². The fourth-order valence-corrected chi connectivity index (χ4v) is 4.23. The minimum absolute atomic E-state index is 0. The van der Waals surface area contributed by atoms with Gasteiger partial charge in [-0.05, 0) is 87.8 Å². The van der Waals surface area contributed by atoms with Gasteiger partial charge in [-0.3, -0.25) is 6.08 Å². The van der Waals surface area contributed by atoms with Crippen molar-refractivity contribution in [3.63, 3.8) is 0 Å². The minimum atomic E-state index is -0.826. The van der Waals surface area contributed by atoms with Crippen LogP contribution in [0.25, 0.3) is 10.8 Å². The summed E-state index contributed by atoms with van der Waals surface area (Å²) in [5.41, 5.74) is 12.4. The summed E-state index contributed by atoms with van der Waals surface area (Å²) in [6.45, 7) is 13.6. The zero-order valence-electron chi connectivity index (χ0n) is 21.9. The summed E-state index contributed by atoms with van der Waals surface area (Å²) in [4.78, 5) is 0. The number of halogens is 4. The van der Waals surface area contributed by atoms with Gasteiger partial charge in [-0.2, -0.15) is 23.6 Å². The molecule has 0 fully saturated rings. The molecule has 0 saturated heterocycles. The molecule has 0 aliphatic heterocycles. The van der Waals surface area contributed by atoms with Gasteiger partial charge in [0.15, 0.2) is 0 Å². The molecule has 0 atom stereocenters. The van der Waals surface area contributed by atoms with Crippen LogP contribution in [0.2, 0.25) is 0 Å². The van der Waals surface area contributed by atoms with Crippen LogP contribution in [0.1, 0.15) is 60.8 Å². The monoisotopic (exact) mass is 714 g/mol. The molecule has 2 aromatic carbocycles. The Morgan fingerprint density at radius 2 is 1.28 bits per heavy atom. The molecule has 6 heteroatoms. The molecular weight excluding hydrogens is 685 g/mol. The molecule has 0 spiro atoms. The molecule has 3 aliphatic rings. The van der Waals surface area contributed by atoms with Gasteiger partial charge in [0.1, 0.15) is 0 Å². The summed E-state index contributed by atoms with van der Waals surface area (Å²) in [5, 5.41) is 2.66. The van der Waals surface area contributed by atoms with Crippen molar-refractivity contribution in [2.24, 2.45) is 0 Å². The largest absolute Gasteiger partial charge is 3.00 e. The average Bonchev–Trinajstić information content (AvgIpc) is 3.61. The Labute approximate surface area is 269 Å². The third-order valence-corrected chi connectivity index (χ3v) is 6.69. The van der Waals surface area contributed by atoms with Crippen LogP contribution in [0, 0.1) is 6.08 Å². The Morgan fingerprint density at radius 1 is 0.778 bits per heavy atom. The molecule has 3 aliphatic carbocycles. The Morgan fingerprint density at radius 3 is 1.61 bits per heavy atom. The average molecular weight is 719 g/mol. The van der Waals surface area contributed by atoms with Crippen LogP contribution in [-0.2, 0) is 47.1 Å². The van der Waals surface area contributed by atoms with Gasteiger partial charge in [-0.1, -0.05) is 17.2 Å². The van der Waals surface area contributed by atoms with E-state index in [1.54, 1.807) is 22.3 Å². The van der Waals surface area contributed by atoms with Gasteiger partial charge in [0, 0.05) is 0 Å². The van der Waals surface area contributed by atoms with E-state index in [0.717, 1.165) is 6.42 Å². The third-order valence-electron chi connectivity index (χ3n) is 6.69. The van der Waals surface area contributed by atoms with E-state index in [1.165, 1.54) is 45.9 Å². The number of benzene rings is 1. The topological polar surface area (TPSA) is 0 Å². The number of hydrogen-bond acceptors (Lipinski definition) is 0. The summed E-state index contributed by atoms with van der Waals surface area (Å²) in [6.07, 6.45) is 12.3. The summed E-state index contributed by atoms with van der Waals surface area (Å²) in [6, 6.07) is 14.7. The van der Waals surface area contributed by atoms with Crippen LogP contribution in [0.15, 0.2) is 105 Å². The van der Waals surface area contributed by atoms with Crippen LogP contribution >= 0.6 is 17.0 Å². The molecule has 0 unspecified atom stereocenters. The third kappa shape index (κ3) is 11.1. The fraction of sp³-hybridized carbons (Fsp3) is 0.300. The quantitative estimate of drug-likeness (QED) is 0.386. The molecule has 36 heavy (non-hydrogen) atoms. The molecule has 0 bridgehead atoms. The van der Waals surface area contributed by atoms with E-state index in [2.05, 4.69) is 96.2 Å². The summed E-state index contributed by atoms with van der Waals surface area (Å²) >= 11 is -0.826. The number of allylic oxidation sites excluding steroid dienone is 12. The zero-order chi connectivity index (χ0) is 24.4. The first-order valence-electron chi connectivity index (χ1n) is 11.3. The standard InChI is InChI=1S/C16H22.C9H7.C5H5.4ClH.2Zr/c1-9-7-15(13(5)11(9)3)16-8-10(2)12(4)14(16)6;1-2-5-9-7-3-6-8(9)4-1;1-2-4-5-3-1;;;;;;/h7-8H2,1-6H3;1-7H;1-3H,4H2;4*1H;;/q;2*-1;;;;;+2;+3/p-4. The molecule has 0 N–H and O–H groups in total. The van der Waals surface area contributed by atoms with Crippen molar-refractivity contribution in [3.8, 4) is 0 Å². The maximum atomic E-state index is 4.93. The molecule has 0 heterocycles. The maximum Gasteiger partial charge on any atom is 3.00 e. The first-order chi connectivity index (χ1) is 15.8. The molecule has 5 rings (SSSR count). The minimum Gasteiger partial charge on any atom is -0.168 e. The number of hydrogen-bond donors (Lipinski definition) is 0. The molecule has 0 nitrogen and oxygen atoms in total. The summed E-state index contributed by atoms with van der Waals surface area (Å²) in [5.74, 6) is 0. The first kappa shape index (κ1) is 38.3. The second-order valence-electron chi connectivity index (χ2n) is 8.60. The second-order valence-corrected chi connectivity index (χ2v) is 12.3. The normalized spacial score (nSPS) is 15.2. The van der Waals surface area contributed by atoms with Gasteiger partial charge >= 0.3 is 64.1 Å². The van der Waals surface area contributed by atoms with Gasteiger partial charge in [0.05, 0.1) is 0 Å². The second kappa shape index (κ2) is 20.1. The van der Waals surface area contributed by atoms with Crippen molar-refractivity contribution >= 4 is 27.8 Å². The van der Waals surface area contributed by atoms with Crippen molar-refractivity contribution in [3.05, 3.63) is 111 Å². The predicted molar refractivity (Wildman–Crippen MR) is 144 cm³/mol. The molecular formula is C30H34Cl4Zr2-. The molecule has 0 saturated carbocycles. The number of rotatable bonds is 1. The van der Waals surface area contributed by atoms with Crippen LogP contribution in [0.5, 0.6) is 0 Å². The Kier molecular flexibility index (Phi) is 21.5. The van der Waals surface area contributed by atoms with E-state index < -0.39 is 20.8 Å². The van der Waals surface area contributed by atoms with Gasteiger partial charge < -0.3 is 24.8 Å². The van der Waals surface area contributed by atoms with Gasteiger partial charge in [0.25, 0.3) is 0 Å². The van der Waals surface area contributed by atoms with Crippen molar-refractivity contribution in [2.45, 2.75) is 60.8 Å². The van der Waals surface area contributed by atoms with Gasteiger partial charge in [0.2, 0.25) is 0 Å². The smallest absolute Gasteiger partial charge is 0.168 e. The fourth-order valence-electron chi connectivity index (χ4n) is 4.23. The summed E-state index contributed by atoms with van der Waals surface area (Å²) < 4.78 is 0. The van der Waals surface area contributed by atoms with Gasteiger partial charge in [-0.25, -0.2) is 12.2 Å². The first-order valence-corrected chi connectivity index (χ1v) is 17.7. The molecule has 191 valence electrons. The van der Waals surface area contributed by atoms with E-state index >= 15 is 0 Å². The van der Waals surface area contributed by atoms with Crippen LogP contribution in [0.3, 0.4) is 0 Å². The van der Waals surface area contributed by atoms with Crippen molar-refractivity contribution in [1.29, 1.82) is 0 Å². The molecule has 2 aromatic rings. The van der Waals surface area contributed by atoms with Crippen LogP contribution in [0.4, 0.5) is 0 Å². The zero-order valence-corrected chi connectivity index (χ0v) is 29.8. The van der Waals surface area contributed by atoms with Crippen molar-refractivity contribution < 1.29 is 71.9 Å². The van der Waals surface area contributed by atoms with E-state index in [9.17, 15) is 0 Å². The van der Waals surface area contributed by atoms with Crippen LogP contribution < -0.4 is 24.8 Å². The SMILES string of the molecule is CC1=C(C)C(C)=C(C2=C(C)C(C)=C(C)C2)C1.[C-]1=CC=CC1.[Cl-].[Cl-].[Cl][Zr][Cl].[Zr+3].c1ccc2[cH-]ccc2c1. The Bertz CT molecular complexity index is 1060.